The molecule has 1 aromatic carbocycles. The molecule has 2 aliphatic rings. The van der Waals surface area contributed by atoms with E-state index in [0.717, 1.165) is 87.5 Å². The van der Waals surface area contributed by atoms with E-state index in [4.69, 9.17) is 17.5 Å². The molecule has 2 amide bonds. The van der Waals surface area contributed by atoms with Crippen molar-refractivity contribution in [3.05, 3.63) is 40.5 Å². The zero-order valence-electron chi connectivity index (χ0n) is 21.9. The van der Waals surface area contributed by atoms with Gasteiger partial charge in [0.1, 0.15) is 0 Å². The molecule has 0 saturated carbocycles. The number of halogens is 3. The van der Waals surface area contributed by atoms with Crippen LogP contribution in [0.3, 0.4) is 0 Å². The lowest BCUT2D eigenvalue weighted by molar-refractivity contribution is -0.138. The Balaban J connectivity index is 1.42. The zero-order valence-corrected chi connectivity index (χ0v) is 22.7. The quantitative estimate of drug-likeness (QED) is 0.259. The molecule has 3 rings (SSSR count). The van der Waals surface area contributed by atoms with Crippen LogP contribution in [0.4, 0.5) is 18.9 Å². The second-order valence-electron chi connectivity index (χ2n) is 9.57. The highest BCUT2D eigenvalue weighted by molar-refractivity contribution is 7.80. The monoisotopic (exact) mass is 549 g/mol. The summed E-state index contributed by atoms with van der Waals surface area (Å²) in [4.78, 5) is 31.1. The summed E-state index contributed by atoms with van der Waals surface area (Å²) in [5.41, 5.74) is -1.28. The van der Waals surface area contributed by atoms with Crippen LogP contribution in [0, 0.1) is 11.3 Å². The number of rotatable bonds is 10. The number of hydrogen-bond donors (Lipinski definition) is 1. The lowest BCUT2D eigenvalue weighted by Gasteiger charge is -2.36. The van der Waals surface area contributed by atoms with Crippen LogP contribution in [0.5, 0.6) is 0 Å². The SMILES string of the molecule is CCNC(=S)N1CCN(CCCCCCCC2=C(C)C(=O)N(c3ccc(C#N)c(C(F)(F)F)c3)C2=O)CC1. The first kappa shape index (κ1) is 29.6. The van der Waals surface area contributed by atoms with Gasteiger partial charge in [-0.2, -0.15) is 18.4 Å². The van der Waals surface area contributed by atoms with E-state index in [1.807, 2.05) is 6.92 Å². The number of nitriles is 1. The zero-order chi connectivity index (χ0) is 27.9. The molecule has 0 aliphatic carbocycles. The van der Waals surface area contributed by atoms with E-state index in [9.17, 15) is 22.8 Å². The summed E-state index contributed by atoms with van der Waals surface area (Å²) in [5, 5.41) is 13.0. The van der Waals surface area contributed by atoms with Gasteiger partial charge in [-0.3, -0.25) is 14.5 Å². The first-order chi connectivity index (χ1) is 18.1. The lowest BCUT2D eigenvalue weighted by atomic mass is 10.0. The summed E-state index contributed by atoms with van der Waals surface area (Å²) in [6, 6.07) is 4.40. The van der Waals surface area contributed by atoms with Crippen LogP contribution >= 0.6 is 12.2 Å². The highest BCUT2D eigenvalue weighted by Crippen LogP contribution is 2.37. The van der Waals surface area contributed by atoms with Crippen molar-refractivity contribution in [1.82, 2.24) is 15.1 Å². The standard InChI is InChI=1S/C27H34F3N5O2S/c1-3-32-26(38)34-15-13-33(14-16-34)12-8-6-4-5-7-9-22-19(2)24(36)35(25(22)37)21-11-10-20(18-31)23(17-21)27(28,29)30/h10-11,17H,3-9,12-16H2,1-2H3,(H,32,38). The average Bonchev–Trinajstić information content (AvgIpc) is 3.10. The molecule has 2 heterocycles. The normalized spacial score (nSPS) is 16.8. The van der Waals surface area contributed by atoms with Gasteiger partial charge in [0.2, 0.25) is 0 Å². The number of anilines is 1. The van der Waals surface area contributed by atoms with E-state index >= 15 is 0 Å². The van der Waals surface area contributed by atoms with Crippen molar-refractivity contribution in [2.24, 2.45) is 0 Å². The summed E-state index contributed by atoms with van der Waals surface area (Å²) in [7, 11) is 0. The van der Waals surface area contributed by atoms with Gasteiger partial charge in [0.05, 0.1) is 22.9 Å². The number of thiocarbonyl (C=S) groups is 1. The summed E-state index contributed by atoms with van der Waals surface area (Å²) in [6.45, 7) is 9.30. The molecule has 0 spiro atoms. The summed E-state index contributed by atoms with van der Waals surface area (Å²) >= 11 is 5.38. The van der Waals surface area contributed by atoms with Gasteiger partial charge in [0, 0.05) is 43.9 Å². The predicted octanol–water partition coefficient (Wildman–Crippen LogP) is 4.62. The molecule has 1 N–H and O–H groups in total. The molecule has 38 heavy (non-hydrogen) atoms. The van der Waals surface area contributed by atoms with E-state index < -0.39 is 29.1 Å². The fourth-order valence-corrected chi connectivity index (χ4v) is 5.15. The molecular weight excluding hydrogens is 515 g/mol. The van der Waals surface area contributed by atoms with E-state index in [1.54, 1.807) is 0 Å². The Kier molecular flexibility index (Phi) is 10.3. The van der Waals surface area contributed by atoms with Gasteiger partial charge >= 0.3 is 6.18 Å². The van der Waals surface area contributed by atoms with Crippen LogP contribution in [0.1, 0.15) is 63.5 Å². The first-order valence-corrected chi connectivity index (χ1v) is 13.4. The van der Waals surface area contributed by atoms with Gasteiger partial charge in [-0.05, 0) is 70.1 Å². The van der Waals surface area contributed by atoms with Gasteiger partial charge in [-0.25, -0.2) is 4.90 Å². The van der Waals surface area contributed by atoms with Crippen LogP contribution < -0.4 is 10.2 Å². The molecule has 0 aromatic heterocycles. The Morgan fingerprint density at radius 3 is 2.34 bits per heavy atom. The van der Waals surface area contributed by atoms with Crippen LogP contribution in [-0.2, 0) is 15.8 Å². The summed E-state index contributed by atoms with van der Waals surface area (Å²) in [5.74, 6) is -1.20. The molecule has 206 valence electrons. The van der Waals surface area contributed by atoms with Crippen molar-refractivity contribution in [2.75, 3.05) is 44.2 Å². The highest BCUT2D eigenvalue weighted by Gasteiger charge is 2.39. The van der Waals surface area contributed by atoms with Crippen molar-refractivity contribution in [3.63, 3.8) is 0 Å². The molecule has 11 heteroatoms. The van der Waals surface area contributed by atoms with Gasteiger partial charge in [0.25, 0.3) is 11.8 Å². The molecule has 0 bridgehead atoms. The minimum absolute atomic E-state index is 0.176. The number of alkyl halides is 3. The number of amides is 2. The van der Waals surface area contributed by atoms with E-state index in [-0.39, 0.29) is 11.3 Å². The number of unbranched alkanes of at least 4 members (excludes halogenated alkanes) is 4. The average molecular weight is 550 g/mol. The number of carbonyl (C=O) groups is 2. The predicted molar refractivity (Wildman–Crippen MR) is 143 cm³/mol. The van der Waals surface area contributed by atoms with Crippen molar-refractivity contribution < 1.29 is 22.8 Å². The molecule has 0 unspecified atom stereocenters. The summed E-state index contributed by atoms with van der Waals surface area (Å²) < 4.78 is 40.1. The summed E-state index contributed by atoms with van der Waals surface area (Å²) in [6.07, 6.45) is 0.422. The van der Waals surface area contributed by atoms with Crippen LogP contribution in [0.15, 0.2) is 29.3 Å². The van der Waals surface area contributed by atoms with Crippen LogP contribution in [-0.4, -0.2) is 66.0 Å². The Labute approximate surface area is 227 Å². The molecule has 1 fully saturated rings. The third-order valence-corrected chi connectivity index (χ3v) is 7.42. The van der Waals surface area contributed by atoms with Crippen molar-refractivity contribution >= 4 is 34.8 Å². The number of imide groups is 1. The van der Waals surface area contributed by atoms with Gasteiger partial charge in [-0.1, -0.05) is 19.3 Å². The second-order valence-corrected chi connectivity index (χ2v) is 9.96. The van der Waals surface area contributed by atoms with Crippen LogP contribution in [0.25, 0.3) is 0 Å². The van der Waals surface area contributed by atoms with E-state index in [0.29, 0.717) is 18.1 Å². The fourth-order valence-electron chi connectivity index (χ4n) is 4.82. The van der Waals surface area contributed by atoms with Gasteiger partial charge < -0.3 is 10.2 Å². The maximum absolute atomic E-state index is 13.4. The molecule has 2 aliphatic heterocycles. The number of hydrogen-bond acceptors (Lipinski definition) is 5. The van der Waals surface area contributed by atoms with Crippen molar-refractivity contribution in [3.8, 4) is 6.07 Å². The third-order valence-electron chi connectivity index (χ3n) is 7.01. The lowest BCUT2D eigenvalue weighted by Crippen LogP contribution is -2.51. The Bertz CT molecular complexity index is 1120. The number of benzene rings is 1. The second kappa shape index (κ2) is 13.2. The van der Waals surface area contributed by atoms with Crippen molar-refractivity contribution in [1.29, 1.82) is 5.26 Å². The molecule has 1 saturated heterocycles. The Morgan fingerprint density at radius 2 is 1.71 bits per heavy atom. The molecule has 7 nitrogen and oxygen atoms in total. The van der Waals surface area contributed by atoms with Crippen molar-refractivity contribution in [2.45, 2.75) is 58.5 Å². The molecule has 1 aromatic rings. The largest absolute Gasteiger partial charge is 0.417 e. The highest BCUT2D eigenvalue weighted by atomic mass is 32.1. The minimum Gasteiger partial charge on any atom is -0.363 e. The molecular formula is C27H34F3N5O2S. The maximum Gasteiger partial charge on any atom is 0.417 e. The molecule has 0 atom stereocenters. The topological polar surface area (TPSA) is 79.7 Å². The Morgan fingerprint density at radius 1 is 1.05 bits per heavy atom. The molecule has 0 radical (unpaired) electrons. The minimum atomic E-state index is -4.77. The maximum atomic E-state index is 13.4. The van der Waals surface area contributed by atoms with E-state index in [2.05, 4.69) is 15.1 Å². The Hall–Kier alpha value is -2.97. The van der Waals surface area contributed by atoms with E-state index in [1.165, 1.54) is 19.1 Å². The number of piperazine rings is 1. The number of nitrogens with one attached hydrogen (secondary N) is 1. The van der Waals surface area contributed by atoms with Crippen LogP contribution in [0.2, 0.25) is 0 Å². The van der Waals surface area contributed by atoms with Gasteiger partial charge in [0.15, 0.2) is 5.11 Å². The number of nitrogens with zero attached hydrogens (tertiary/aromatic N) is 4. The fraction of sp³-hybridized carbons (Fsp3) is 0.556. The third kappa shape index (κ3) is 7.11. The van der Waals surface area contributed by atoms with Gasteiger partial charge in [-0.15, -0.1) is 0 Å². The number of carbonyl (C=O) groups excluding carboxylic acids is 2. The first-order valence-electron chi connectivity index (χ1n) is 13.0. The smallest absolute Gasteiger partial charge is 0.363 e.